The van der Waals surface area contributed by atoms with Crippen LogP contribution in [0.25, 0.3) is 0 Å². The predicted molar refractivity (Wildman–Crippen MR) is 57.6 cm³/mol. The SMILES string of the molecule is CCOCC(=O)N1CC2CN(C)CC2C1. The van der Waals surface area contributed by atoms with E-state index in [0.717, 1.165) is 26.2 Å². The molecule has 2 heterocycles. The number of hydrogen-bond donors (Lipinski definition) is 0. The van der Waals surface area contributed by atoms with Crippen molar-refractivity contribution in [3.63, 3.8) is 0 Å². The molecule has 2 saturated heterocycles. The van der Waals surface area contributed by atoms with E-state index in [4.69, 9.17) is 4.74 Å². The molecular formula is C11H20N2O2. The van der Waals surface area contributed by atoms with E-state index in [9.17, 15) is 4.79 Å². The number of rotatable bonds is 3. The molecule has 0 aliphatic carbocycles. The number of nitrogens with zero attached hydrogens (tertiary/aromatic N) is 2. The van der Waals surface area contributed by atoms with Gasteiger partial charge in [0.2, 0.25) is 5.91 Å². The zero-order valence-corrected chi connectivity index (χ0v) is 9.61. The maximum absolute atomic E-state index is 11.7. The molecule has 4 heteroatoms. The molecule has 0 saturated carbocycles. The third-order valence-electron chi connectivity index (χ3n) is 3.45. The van der Waals surface area contributed by atoms with Gasteiger partial charge in [0.15, 0.2) is 0 Å². The van der Waals surface area contributed by atoms with Crippen molar-refractivity contribution < 1.29 is 9.53 Å². The lowest BCUT2D eigenvalue weighted by molar-refractivity contribution is -0.135. The van der Waals surface area contributed by atoms with Crippen LogP contribution in [0.3, 0.4) is 0 Å². The first kappa shape index (κ1) is 10.9. The summed E-state index contributed by atoms with van der Waals surface area (Å²) in [5, 5.41) is 0. The zero-order chi connectivity index (χ0) is 10.8. The Morgan fingerprint density at radius 2 is 1.87 bits per heavy atom. The molecule has 2 aliphatic heterocycles. The molecule has 1 amide bonds. The van der Waals surface area contributed by atoms with Crippen molar-refractivity contribution in [1.82, 2.24) is 9.80 Å². The van der Waals surface area contributed by atoms with Gasteiger partial charge < -0.3 is 14.5 Å². The molecule has 2 unspecified atom stereocenters. The number of hydrogen-bond acceptors (Lipinski definition) is 3. The normalized spacial score (nSPS) is 30.9. The monoisotopic (exact) mass is 212 g/mol. The van der Waals surface area contributed by atoms with E-state index in [1.54, 1.807) is 0 Å². The van der Waals surface area contributed by atoms with Crippen molar-refractivity contribution in [3.05, 3.63) is 0 Å². The minimum Gasteiger partial charge on any atom is -0.372 e. The van der Waals surface area contributed by atoms with Gasteiger partial charge in [-0.3, -0.25) is 4.79 Å². The van der Waals surface area contributed by atoms with Crippen LogP contribution in [0.1, 0.15) is 6.92 Å². The fraction of sp³-hybridized carbons (Fsp3) is 0.909. The lowest BCUT2D eigenvalue weighted by Crippen LogP contribution is -2.34. The van der Waals surface area contributed by atoms with Gasteiger partial charge in [0.1, 0.15) is 6.61 Å². The topological polar surface area (TPSA) is 32.8 Å². The van der Waals surface area contributed by atoms with Gasteiger partial charge in [0.05, 0.1) is 0 Å². The summed E-state index contributed by atoms with van der Waals surface area (Å²) in [5.74, 6) is 1.55. The Kier molecular flexibility index (Phi) is 3.26. The number of ether oxygens (including phenoxy) is 1. The Morgan fingerprint density at radius 1 is 1.27 bits per heavy atom. The molecule has 4 nitrogen and oxygen atoms in total. The molecule has 0 aromatic carbocycles. The summed E-state index contributed by atoms with van der Waals surface area (Å²) in [6, 6.07) is 0. The predicted octanol–water partition coefficient (Wildman–Crippen LogP) is 0.0429. The zero-order valence-electron chi connectivity index (χ0n) is 9.61. The van der Waals surface area contributed by atoms with Crippen LogP contribution in [0.4, 0.5) is 0 Å². The molecule has 0 spiro atoms. The van der Waals surface area contributed by atoms with Crippen molar-refractivity contribution in [3.8, 4) is 0 Å². The fourth-order valence-electron chi connectivity index (χ4n) is 2.71. The summed E-state index contributed by atoms with van der Waals surface area (Å²) >= 11 is 0. The number of amides is 1. The number of carbonyl (C=O) groups is 1. The Balaban J connectivity index is 1.81. The van der Waals surface area contributed by atoms with Crippen molar-refractivity contribution in [2.75, 3.05) is 46.4 Å². The Morgan fingerprint density at radius 3 is 2.40 bits per heavy atom. The lowest BCUT2D eigenvalue weighted by atomic mass is 10.0. The van der Waals surface area contributed by atoms with Crippen LogP contribution < -0.4 is 0 Å². The summed E-state index contributed by atoms with van der Waals surface area (Å²) in [6.07, 6.45) is 0. The lowest BCUT2D eigenvalue weighted by Gasteiger charge is -2.19. The molecule has 0 bridgehead atoms. The number of likely N-dealkylation sites (tertiary alicyclic amines) is 2. The van der Waals surface area contributed by atoms with Gasteiger partial charge >= 0.3 is 0 Å². The Hall–Kier alpha value is -0.610. The summed E-state index contributed by atoms with van der Waals surface area (Å²) in [7, 11) is 2.16. The third-order valence-corrected chi connectivity index (χ3v) is 3.45. The van der Waals surface area contributed by atoms with Crippen molar-refractivity contribution >= 4 is 5.91 Å². The molecule has 0 N–H and O–H groups in total. The summed E-state index contributed by atoms with van der Waals surface area (Å²) in [6.45, 7) is 6.94. The van der Waals surface area contributed by atoms with Crippen LogP contribution in [-0.4, -0.2) is 62.1 Å². The van der Waals surface area contributed by atoms with Crippen LogP contribution >= 0.6 is 0 Å². The van der Waals surface area contributed by atoms with E-state index in [1.807, 2.05) is 11.8 Å². The highest BCUT2D eigenvalue weighted by molar-refractivity contribution is 5.77. The van der Waals surface area contributed by atoms with Crippen LogP contribution in [-0.2, 0) is 9.53 Å². The van der Waals surface area contributed by atoms with Gasteiger partial charge in [-0.25, -0.2) is 0 Å². The van der Waals surface area contributed by atoms with Crippen LogP contribution in [0, 0.1) is 11.8 Å². The summed E-state index contributed by atoms with van der Waals surface area (Å²) < 4.78 is 5.15. The first-order chi connectivity index (χ1) is 7.20. The molecule has 2 aliphatic rings. The van der Waals surface area contributed by atoms with Gasteiger partial charge in [-0.05, 0) is 25.8 Å². The minimum atomic E-state index is 0.161. The largest absolute Gasteiger partial charge is 0.372 e. The second-order valence-electron chi connectivity index (χ2n) is 4.68. The molecule has 0 aromatic rings. The highest BCUT2D eigenvalue weighted by atomic mass is 16.5. The second-order valence-corrected chi connectivity index (χ2v) is 4.68. The summed E-state index contributed by atoms with van der Waals surface area (Å²) in [5.41, 5.74) is 0. The smallest absolute Gasteiger partial charge is 0.248 e. The maximum Gasteiger partial charge on any atom is 0.248 e. The quantitative estimate of drug-likeness (QED) is 0.662. The molecular weight excluding hydrogens is 192 g/mol. The van der Waals surface area contributed by atoms with Gasteiger partial charge in [0.25, 0.3) is 0 Å². The van der Waals surface area contributed by atoms with E-state index < -0.39 is 0 Å². The van der Waals surface area contributed by atoms with Crippen molar-refractivity contribution in [2.24, 2.45) is 11.8 Å². The highest BCUT2D eigenvalue weighted by Gasteiger charge is 2.40. The Labute approximate surface area is 91.2 Å². The average molecular weight is 212 g/mol. The number of fused-ring (bicyclic) bond motifs is 1. The van der Waals surface area contributed by atoms with Gasteiger partial charge in [-0.15, -0.1) is 0 Å². The molecule has 0 aromatic heterocycles. The highest BCUT2D eigenvalue weighted by Crippen LogP contribution is 2.29. The van der Waals surface area contributed by atoms with E-state index in [0.29, 0.717) is 18.4 Å². The Bertz CT molecular complexity index is 231. The van der Waals surface area contributed by atoms with Gasteiger partial charge in [0, 0.05) is 32.8 Å². The molecule has 2 atom stereocenters. The van der Waals surface area contributed by atoms with Crippen molar-refractivity contribution in [2.45, 2.75) is 6.92 Å². The number of carbonyl (C=O) groups excluding carboxylic acids is 1. The molecule has 2 rings (SSSR count). The first-order valence-corrected chi connectivity index (χ1v) is 5.74. The molecule has 2 fully saturated rings. The first-order valence-electron chi connectivity index (χ1n) is 5.74. The summed E-state index contributed by atoms with van der Waals surface area (Å²) in [4.78, 5) is 16.0. The third kappa shape index (κ3) is 2.32. The second kappa shape index (κ2) is 4.49. The minimum absolute atomic E-state index is 0.161. The van der Waals surface area contributed by atoms with Crippen LogP contribution in [0.2, 0.25) is 0 Å². The van der Waals surface area contributed by atoms with Crippen LogP contribution in [0.15, 0.2) is 0 Å². The average Bonchev–Trinajstić information content (AvgIpc) is 2.70. The molecule has 15 heavy (non-hydrogen) atoms. The molecule has 86 valence electrons. The fourth-order valence-corrected chi connectivity index (χ4v) is 2.71. The van der Waals surface area contributed by atoms with Crippen molar-refractivity contribution in [1.29, 1.82) is 0 Å². The van der Waals surface area contributed by atoms with E-state index in [2.05, 4.69) is 11.9 Å². The van der Waals surface area contributed by atoms with E-state index in [1.165, 1.54) is 0 Å². The van der Waals surface area contributed by atoms with Crippen LogP contribution in [0.5, 0.6) is 0 Å². The van der Waals surface area contributed by atoms with E-state index in [-0.39, 0.29) is 12.5 Å². The van der Waals surface area contributed by atoms with Gasteiger partial charge in [-0.1, -0.05) is 0 Å². The van der Waals surface area contributed by atoms with Gasteiger partial charge in [-0.2, -0.15) is 0 Å². The van der Waals surface area contributed by atoms with E-state index >= 15 is 0 Å². The molecule has 0 radical (unpaired) electrons. The standard InChI is InChI=1S/C11H20N2O2/c1-3-15-8-11(14)13-6-9-4-12(2)5-10(9)7-13/h9-10H,3-8H2,1-2H3. The maximum atomic E-state index is 11.7.